The highest BCUT2D eigenvalue weighted by Crippen LogP contribution is 2.28. The van der Waals surface area contributed by atoms with Crippen LogP contribution in [0.1, 0.15) is 15.9 Å². The first-order valence-electron chi connectivity index (χ1n) is 9.22. The van der Waals surface area contributed by atoms with Crippen LogP contribution in [-0.4, -0.2) is 16.8 Å². The molecule has 0 heterocycles. The zero-order valence-electron chi connectivity index (χ0n) is 16.6. The third kappa shape index (κ3) is 5.95. The number of rotatable bonds is 6. The summed E-state index contributed by atoms with van der Waals surface area (Å²) in [7, 11) is 0. The van der Waals surface area contributed by atoms with Crippen molar-refractivity contribution in [2.45, 2.75) is 0 Å². The van der Waals surface area contributed by atoms with Crippen LogP contribution in [0.3, 0.4) is 0 Å². The summed E-state index contributed by atoms with van der Waals surface area (Å²) in [6.07, 6.45) is 1.23. The molecule has 0 atom stereocenters. The Kier molecular flexibility index (Phi) is 7.41. The lowest BCUT2D eigenvalue weighted by molar-refractivity contribution is -0.384. The molecule has 3 rings (SSSR count). The maximum Gasteiger partial charge on any atom is 0.343 e. The average molecular weight is 482 g/mol. The summed E-state index contributed by atoms with van der Waals surface area (Å²) >= 11 is 11.8. The number of esters is 1. The maximum absolute atomic E-state index is 12.6. The number of ether oxygens (including phenoxy) is 1. The minimum absolute atomic E-state index is 0.0283. The van der Waals surface area contributed by atoms with Crippen LogP contribution in [0.2, 0.25) is 10.0 Å². The van der Waals surface area contributed by atoms with Crippen molar-refractivity contribution in [2.75, 3.05) is 5.32 Å². The van der Waals surface area contributed by atoms with Gasteiger partial charge in [0.05, 0.1) is 21.2 Å². The predicted molar refractivity (Wildman–Crippen MR) is 123 cm³/mol. The van der Waals surface area contributed by atoms with Gasteiger partial charge in [0.25, 0.3) is 11.6 Å². The Bertz CT molecular complexity index is 1310. The van der Waals surface area contributed by atoms with Gasteiger partial charge in [0.2, 0.25) is 0 Å². The number of hydrogen-bond acceptors (Lipinski definition) is 6. The van der Waals surface area contributed by atoms with Gasteiger partial charge in [0.1, 0.15) is 17.4 Å². The minimum atomic E-state index is -0.848. The van der Waals surface area contributed by atoms with Crippen LogP contribution in [0.5, 0.6) is 5.75 Å². The molecular weight excluding hydrogens is 469 g/mol. The predicted octanol–water partition coefficient (Wildman–Crippen LogP) is 5.67. The second kappa shape index (κ2) is 10.4. The van der Waals surface area contributed by atoms with E-state index >= 15 is 0 Å². The third-order valence-electron chi connectivity index (χ3n) is 4.28. The van der Waals surface area contributed by atoms with Crippen molar-refractivity contribution in [2.24, 2.45) is 0 Å². The van der Waals surface area contributed by atoms with E-state index in [2.05, 4.69) is 5.32 Å². The number of carbonyl (C=O) groups is 2. The molecule has 0 aromatic heterocycles. The lowest BCUT2D eigenvalue weighted by atomic mass is 10.1. The van der Waals surface area contributed by atoms with Gasteiger partial charge in [-0.05, 0) is 42.5 Å². The summed E-state index contributed by atoms with van der Waals surface area (Å²) in [6.45, 7) is 0. The standard InChI is InChI=1S/C23H13Cl2N3O5/c24-17-7-5-14(6-8-17)23(30)33-21-4-2-1-3-15(21)11-16(13-26)22(29)27-20-12-18(28(31)32)9-10-19(20)25/h1-12H,(H,27,29)/b16-11+. The van der Waals surface area contributed by atoms with Crippen molar-refractivity contribution in [3.05, 3.63) is 104 Å². The molecule has 0 unspecified atom stereocenters. The number of nitrogens with one attached hydrogen (secondary N) is 1. The molecule has 0 spiro atoms. The van der Waals surface area contributed by atoms with Crippen LogP contribution < -0.4 is 10.1 Å². The molecule has 0 radical (unpaired) electrons. The molecule has 0 bridgehead atoms. The van der Waals surface area contributed by atoms with Gasteiger partial charge >= 0.3 is 5.97 Å². The Morgan fingerprint density at radius 3 is 2.42 bits per heavy atom. The van der Waals surface area contributed by atoms with Gasteiger partial charge in [-0.1, -0.05) is 41.4 Å². The van der Waals surface area contributed by atoms with E-state index in [0.717, 1.165) is 6.07 Å². The smallest absolute Gasteiger partial charge is 0.343 e. The number of amides is 1. The number of hydrogen-bond donors (Lipinski definition) is 1. The molecular formula is C23H13Cl2N3O5. The number of para-hydroxylation sites is 1. The average Bonchev–Trinajstić information content (AvgIpc) is 2.80. The lowest BCUT2D eigenvalue weighted by Gasteiger charge is -2.09. The SMILES string of the molecule is N#C/C(=C\c1ccccc1OC(=O)c1ccc(Cl)cc1)C(=O)Nc1cc([N+](=O)[O-])ccc1Cl. The molecule has 10 heteroatoms. The van der Waals surface area contributed by atoms with Gasteiger partial charge in [-0.25, -0.2) is 4.79 Å². The number of halogens is 2. The fourth-order valence-corrected chi connectivity index (χ4v) is 2.94. The Labute approximate surface area is 197 Å². The number of nitriles is 1. The van der Waals surface area contributed by atoms with E-state index in [9.17, 15) is 25.0 Å². The molecule has 3 aromatic carbocycles. The molecule has 1 amide bonds. The number of nitro groups is 1. The van der Waals surface area contributed by atoms with Crippen molar-refractivity contribution >= 4 is 52.5 Å². The first-order chi connectivity index (χ1) is 15.8. The van der Waals surface area contributed by atoms with Crippen LogP contribution in [-0.2, 0) is 4.79 Å². The fourth-order valence-electron chi connectivity index (χ4n) is 2.65. The van der Waals surface area contributed by atoms with Gasteiger partial charge in [-0.2, -0.15) is 5.26 Å². The monoisotopic (exact) mass is 481 g/mol. The Morgan fingerprint density at radius 2 is 1.76 bits per heavy atom. The number of benzene rings is 3. The Balaban J connectivity index is 1.86. The van der Waals surface area contributed by atoms with Crippen LogP contribution in [0.4, 0.5) is 11.4 Å². The van der Waals surface area contributed by atoms with Gasteiger partial charge in [0, 0.05) is 22.7 Å². The fraction of sp³-hybridized carbons (Fsp3) is 0. The zero-order valence-corrected chi connectivity index (χ0v) is 18.1. The number of carbonyl (C=O) groups excluding carboxylic acids is 2. The van der Waals surface area contributed by atoms with Gasteiger partial charge in [0.15, 0.2) is 0 Å². The largest absolute Gasteiger partial charge is 0.422 e. The maximum atomic E-state index is 12.6. The zero-order chi connectivity index (χ0) is 24.0. The lowest BCUT2D eigenvalue weighted by Crippen LogP contribution is -2.14. The number of anilines is 1. The van der Waals surface area contributed by atoms with Crippen LogP contribution >= 0.6 is 23.2 Å². The second-order valence-corrected chi connectivity index (χ2v) is 7.32. The molecule has 0 fully saturated rings. The summed E-state index contributed by atoms with van der Waals surface area (Å²) < 4.78 is 5.41. The molecule has 0 saturated heterocycles. The normalized spacial score (nSPS) is 10.8. The van der Waals surface area contributed by atoms with Crippen LogP contribution in [0.15, 0.2) is 72.3 Å². The quantitative estimate of drug-likeness (QED) is 0.121. The third-order valence-corrected chi connectivity index (χ3v) is 4.86. The highest BCUT2D eigenvalue weighted by Gasteiger charge is 2.17. The molecule has 0 saturated carbocycles. The van der Waals surface area contributed by atoms with Crippen LogP contribution in [0, 0.1) is 21.4 Å². The van der Waals surface area contributed by atoms with Gasteiger partial charge < -0.3 is 10.1 Å². The number of non-ortho nitro benzene ring substituents is 1. The Morgan fingerprint density at radius 1 is 1.06 bits per heavy atom. The van der Waals surface area contributed by atoms with Gasteiger partial charge in [-0.15, -0.1) is 0 Å². The topological polar surface area (TPSA) is 122 Å². The van der Waals surface area contributed by atoms with Crippen molar-refractivity contribution in [3.8, 4) is 11.8 Å². The van der Waals surface area contributed by atoms with Crippen molar-refractivity contribution < 1.29 is 19.2 Å². The molecule has 3 aromatic rings. The molecule has 164 valence electrons. The van der Waals surface area contributed by atoms with Crippen molar-refractivity contribution in [1.82, 2.24) is 0 Å². The summed E-state index contributed by atoms with van der Waals surface area (Å²) in [5.74, 6) is -1.39. The number of nitro benzene ring substituents is 1. The molecule has 0 aliphatic carbocycles. The van der Waals surface area contributed by atoms with Gasteiger partial charge in [-0.3, -0.25) is 14.9 Å². The summed E-state index contributed by atoms with van der Waals surface area (Å²) in [5.41, 5.74) is -0.0999. The minimum Gasteiger partial charge on any atom is -0.422 e. The van der Waals surface area contributed by atoms with E-state index in [1.807, 2.05) is 0 Å². The van der Waals surface area contributed by atoms with Crippen molar-refractivity contribution in [1.29, 1.82) is 5.26 Å². The number of nitrogens with zero attached hydrogens (tertiary/aromatic N) is 2. The molecule has 8 nitrogen and oxygen atoms in total. The Hall–Kier alpha value is -4.19. The van der Waals surface area contributed by atoms with Crippen LogP contribution in [0.25, 0.3) is 6.08 Å². The molecule has 33 heavy (non-hydrogen) atoms. The molecule has 0 aliphatic rings. The van der Waals surface area contributed by atoms with E-state index in [-0.39, 0.29) is 38.8 Å². The summed E-state index contributed by atoms with van der Waals surface area (Å²) in [6, 6.07) is 17.7. The highest BCUT2D eigenvalue weighted by atomic mass is 35.5. The summed E-state index contributed by atoms with van der Waals surface area (Å²) in [4.78, 5) is 35.4. The van der Waals surface area contributed by atoms with Crippen molar-refractivity contribution in [3.63, 3.8) is 0 Å². The van der Waals surface area contributed by atoms with E-state index in [1.165, 1.54) is 36.4 Å². The van der Waals surface area contributed by atoms with E-state index in [0.29, 0.717) is 5.02 Å². The summed E-state index contributed by atoms with van der Waals surface area (Å²) in [5, 5.41) is 23.4. The first-order valence-corrected chi connectivity index (χ1v) is 9.98. The highest BCUT2D eigenvalue weighted by molar-refractivity contribution is 6.34. The first kappa shape index (κ1) is 23.5. The second-order valence-electron chi connectivity index (χ2n) is 6.48. The van der Waals surface area contributed by atoms with E-state index < -0.39 is 16.8 Å². The van der Waals surface area contributed by atoms with E-state index in [4.69, 9.17) is 27.9 Å². The molecule has 0 aliphatic heterocycles. The molecule has 1 N–H and O–H groups in total. The van der Waals surface area contributed by atoms with E-state index in [1.54, 1.807) is 36.4 Å².